The molecule has 1 aromatic carbocycles. The van der Waals surface area contributed by atoms with Crippen LogP contribution in [-0.2, 0) is 0 Å². The van der Waals surface area contributed by atoms with E-state index in [9.17, 15) is 4.79 Å². The van der Waals surface area contributed by atoms with Crippen molar-refractivity contribution in [3.63, 3.8) is 0 Å². The van der Waals surface area contributed by atoms with E-state index in [1.54, 1.807) is 0 Å². The number of aromatic nitrogens is 2. The minimum atomic E-state index is -0.479. The molecule has 0 radical (unpaired) electrons. The van der Waals surface area contributed by atoms with Gasteiger partial charge in [-0.15, -0.1) is 0 Å². The number of rotatable bonds is 4. The van der Waals surface area contributed by atoms with Crippen LogP contribution in [0, 0.1) is 25.5 Å². The highest BCUT2D eigenvalue weighted by molar-refractivity contribution is 7.71. The first kappa shape index (κ1) is 15.5. The van der Waals surface area contributed by atoms with Gasteiger partial charge in [0.25, 0.3) is 5.91 Å². The number of carbonyl (C=O) groups excluding carboxylic acids is 1. The predicted octanol–water partition coefficient (Wildman–Crippen LogP) is 3.57. The number of hydrogen-bond donors (Lipinski definition) is 2. The zero-order chi connectivity index (χ0) is 15.7. The Morgan fingerprint density at radius 2 is 2.00 bits per heavy atom. The third-order valence-electron chi connectivity index (χ3n) is 4.03. The number of amides is 1. The molecule has 1 aromatic heterocycles. The Bertz CT molecular complexity index is 742. The molecule has 0 saturated carbocycles. The SMILES string of the molecule is CCC(c1ccc(C)c(C)c1)n1c(C)c(C(N)=O)[nH]c1=S. The van der Waals surface area contributed by atoms with Crippen LogP contribution in [0.15, 0.2) is 18.2 Å². The summed E-state index contributed by atoms with van der Waals surface area (Å²) in [5, 5.41) is 0. The molecule has 0 spiro atoms. The van der Waals surface area contributed by atoms with Gasteiger partial charge in [0, 0.05) is 5.69 Å². The third-order valence-corrected chi connectivity index (χ3v) is 4.33. The second-order valence-corrected chi connectivity index (χ2v) is 5.78. The largest absolute Gasteiger partial charge is 0.364 e. The summed E-state index contributed by atoms with van der Waals surface area (Å²) in [6.07, 6.45) is 0.883. The van der Waals surface area contributed by atoms with E-state index in [0.717, 1.165) is 12.1 Å². The van der Waals surface area contributed by atoms with E-state index in [4.69, 9.17) is 18.0 Å². The highest BCUT2D eigenvalue weighted by Gasteiger charge is 2.20. The Morgan fingerprint density at radius 1 is 1.33 bits per heavy atom. The maximum atomic E-state index is 11.5. The first-order valence-electron chi connectivity index (χ1n) is 7.04. The number of benzene rings is 1. The Kier molecular flexibility index (Phi) is 4.32. The van der Waals surface area contributed by atoms with Crippen LogP contribution in [0.4, 0.5) is 0 Å². The van der Waals surface area contributed by atoms with E-state index in [-0.39, 0.29) is 6.04 Å². The van der Waals surface area contributed by atoms with Crippen LogP contribution in [0.25, 0.3) is 0 Å². The van der Waals surface area contributed by atoms with Crippen LogP contribution in [0.3, 0.4) is 0 Å². The van der Waals surface area contributed by atoms with Gasteiger partial charge in [-0.05, 0) is 56.1 Å². The van der Waals surface area contributed by atoms with Crippen molar-refractivity contribution in [1.29, 1.82) is 0 Å². The summed E-state index contributed by atoms with van der Waals surface area (Å²) in [6.45, 7) is 8.18. The van der Waals surface area contributed by atoms with Crippen molar-refractivity contribution in [2.24, 2.45) is 5.73 Å². The summed E-state index contributed by atoms with van der Waals surface area (Å²) >= 11 is 5.38. The molecule has 2 rings (SSSR count). The van der Waals surface area contributed by atoms with Gasteiger partial charge in [0.05, 0.1) is 6.04 Å². The third kappa shape index (κ3) is 2.78. The number of nitrogens with zero attached hydrogens (tertiary/aromatic N) is 1. The Labute approximate surface area is 130 Å². The highest BCUT2D eigenvalue weighted by atomic mass is 32.1. The molecule has 0 aliphatic rings. The molecule has 112 valence electrons. The number of nitrogens with one attached hydrogen (secondary N) is 1. The lowest BCUT2D eigenvalue weighted by atomic mass is 9.99. The van der Waals surface area contributed by atoms with E-state index in [1.165, 1.54) is 16.7 Å². The fourth-order valence-electron chi connectivity index (χ4n) is 2.68. The summed E-state index contributed by atoms with van der Waals surface area (Å²) in [6, 6.07) is 6.52. The number of aryl methyl sites for hydroxylation is 2. The van der Waals surface area contributed by atoms with Gasteiger partial charge in [-0.3, -0.25) is 4.79 Å². The topological polar surface area (TPSA) is 63.8 Å². The maximum Gasteiger partial charge on any atom is 0.267 e. The van der Waals surface area contributed by atoms with Crippen molar-refractivity contribution in [3.8, 4) is 0 Å². The van der Waals surface area contributed by atoms with Gasteiger partial charge in [-0.2, -0.15) is 0 Å². The van der Waals surface area contributed by atoms with Gasteiger partial charge in [0.1, 0.15) is 5.69 Å². The number of imidazole rings is 1. The second kappa shape index (κ2) is 5.85. The van der Waals surface area contributed by atoms with Gasteiger partial charge < -0.3 is 15.3 Å². The minimum absolute atomic E-state index is 0.0983. The summed E-state index contributed by atoms with van der Waals surface area (Å²) < 4.78 is 2.52. The molecule has 4 nitrogen and oxygen atoms in total. The molecule has 1 heterocycles. The zero-order valence-corrected chi connectivity index (χ0v) is 13.7. The van der Waals surface area contributed by atoms with Gasteiger partial charge in [0.2, 0.25) is 0 Å². The molecule has 2 aromatic rings. The van der Waals surface area contributed by atoms with E-state index in [1.807, 2.05) is 11.5 Å². The molecule has 21 heavy (non-hydrogen) atoms. The normalized spacial score (nSPS) is 12.4. The summed E-state index contributed by atoms with van der Waals surface area (Å²) in [5.74, 6) is -0.479. The van der Waals surface area contributed by atoms with Crippen LogP contribution < -0.4 is 5.73 Å². The van der Waals surface area contributed by atoms with Crippen LogP contribution in [-0.4, -0.2) is 15.5 Å². The predicted molar refractivity (Wildman–Crippen MR) is 87.2 cm³/mol. The minimum Gasteiger partial charge on any atom is -0.364 e. The lowest BCUT2D eigenvalue weighted by Crippen LogP contribution is -2.16. The molecule has 0 fully saturated rings. The number of nitrogens with two attached hydrogens (primary N) is 1. The Morgan fingerprint density at radius 3 is 2.48 bits per heavy atom. The van der Waals surface area contributed by atoms with E-state index in [0.29, 0.717) is 10.5 Å². The summed E-state index contributed by atoms with van der Waals surface area (Å²) in [4.78, 5) is 14.4. The van der Waals surface area contributed by atoms with Crippen LogP contribution in [0.5, 0.6) is 0 Å². The standard InChI is InChI=1S/C16H21N3OS/c1-5-13(12-7-6-9(2)10(3)8-12)19-11(4)14(15(17)20)18-16(19)21/h6-8,13H,5H2,1-4H3,(H2,17,20)(H,18,21). The molecule has 3 N–H and O–H groups in total. The van der Waals surface area contributed by atoms with Crippen molar-refractivity contribution in [3.05, 3.63) is 51.0 Å². The zero-order valence-electron chi connectivity index (χ0n) is 12.9. The smallest absolute Gasteiger partial charge is 0.267 e. The lowest BCUT2D eigenvalue weighted by Gasteiger charge is -2.20. The fraction of sp³-hybridized carbons (Fsp3) is 0.375. The van der Waals surface area contributed by atoms with Gasteiger partial charge in [-0.1, -0.05) is 25.1 Å². The number of aromatic amines is 1. The molecule has 5 heteroatoms. The molecule has 0 aliphatic heterocycles. The number of H-pyrrole nitrogens is 1. The number of primary amides is 1. The molecule has 1 atom stereocenters. The summed E-state index contributed by atoms with van der Waals surface area (Å²) in [5.41, 5.74) is 10.3. The van der Waals surface area contributed by atoms with Crippen LogP contribution in [0.2, 0.25) is 0 Å². The second-order valence-electron chi connectivity index (χ2n) is 5.39. The van der Waals surface area contributed by atoms with Gasteiger partial charge in [-0.25, -0.2) is 0 Å². The Hall–Kier alpha value is -1.88. The molecular formula is C16H21N3OS. The van der Waals surface area contributed by atoms with Crippen LogP contribution in [0.1, 0.15) is 52.3 Å². The molecule has 0 bridgehead atoms. The first-order chi connectivity index (χ1) is 9.86. The average Bonchev–Trinajstić information content (AvgIpc) is 2.72. The van der Waals surface area contributed by atoms with Crippen LogP contribution >= 0.6 is 12.2 Å². The van der Waals surface area contributed by atoms with Gasteiger partial charge in [0.15, 0.2) is 4.77 Å². The molecule has 0 aliphatic carbocycles. The van der Waals surface area contributed by atoms with Crippen molar-refractivity contribution in [1.82, 2.24) is 9.55 Å². The average molecular weight is 303 g/mol. The number of hydrogen-bond acceptors (Lipinski definition) is 2. The van der Waals surface area contributed by atoms with Crippen molar-refractivity contribution < 1.29 is 4.79 Å². The van der Waals surface area contributed by atoms with Crippen molar-refractivity contribution in [2.75, 3.05) is 0 Å². The quantitative estimate of drug-likeness (QED) is 0.848. The molecule has 0 saturated heterocycles. The van der Waals surface area contributed by atoms with Gasteiger partial charge >= 0.3 is 0 Å². The molecule has 1 unspecified atom stereocenters. The number of carbonyl (C=O) groups is 1. The first-order valence-corrected chi connectivity index (χ1v) is 7.45. The van der Waals surface area contributed by atoms with Crippen molar-refractivity contribution in [2.45, 2.75) is 40.2 Å². The lowest BCUT2D eigenvalue weighted by molar-refractivity contribution is 0.0995. The van der Waals surface area contributed by atoms with Crippen molar-refractivity contribution >= 4 is 18.1 Å². The fourth-order valence-corrected chi connectivity index (χ4v) is 3.05. The highest BCUT2D eigenvalue weighted by Crippen LogP contribution is 2.27. The summed E-state index contributed by atoms with van der Waals surface area (Å²) in [7, 11) is 0. The Balaban J connectivity index is 2.59. The molecule has 1 amide bonds. The maximum absolute atomic E-state index is 11.5. The van der Waals surface area contributed by atoms with E-state index in [2.05, 4.69) is 44.0 Å². The monoisotopic (exact) mass is 303 g/mol. The molecular weight excluding hydrogens is 282 g/mol. The van der Waals surface area contributed by atoms with E-state index < -0.39 is 5.91 Å². The van der Waals surface area contributed by atoms with E-state index >= 15 is 0 Å².